The highest BCUT2D eigenvalue weighted by Crippen LogP contribution is 2.29. The highest BCUT2D eigenvalue weighted by molar-refractivity contribution is 8.00. The molecule has 0 N–H and O–H groups in total. The number of ketones is 1. The van der Waals surface area contributed by atoms with E-state index in [1.165, 1.54) is 17.3 Å². The molecule has 1 heterocycles. The molecule has 180 valence electrons. The molecule has 4 rings (SSSR count). The van der Waals surface area contributed by atoms with Crippen LogP contribution in [-0.2, 0) is 12.0 Å². The molecule has 0 bridgehead atoms. The first-order chi connectivity index (χ1) is 16.7. The molecule has 0 radical (unpaired) electrons. The third-order valence-electron chi connectivity index (χ3n) is 5.79. The Bertz CT molecular complexity index is 1270. The van der Waals surface area contributed by atoms with Crippen LogP contribution < -0.4 is 4.74 Å². The molecule has 5 nitrogen and oxygen atoms in total. The number of aromatic nitrogens is 3. The summed E-state index contributed by atoms with van der Waals surface area (Å²) >= 11 is 1.40. The third kappa shape index (κ3) is 6.01. The zero-order chi connectivity index (χ0) is 25.0. The summed E-state index contributed by atoms with van der Waals surface area (Å²) in [5.41, 5.74) is 4.09. The van der Waals surface area contributed by atoms with Crippen LogP contribution in [0.25, 0.3) is 5.69 Å². The zero-order valence-corrected chi connectivity index (χ0v) is 21.7. The predicted molar refractivity (Wildman–Crippen MR) is 142 cm³/mol. The maximum absolute atomic E-state index is 13.0. The van der Waals surface area contributed by atoms with E-state index in [9.17, 15) is 4.79 Å². The molecule has 0 fully saturated rings. The summed E-state index contributed by atoms with van der Waals surface area (Å²) in [5, 5.41) is 9.18. The molecule has 0 aliphatic carbocycles. The summed E-state index contributed by atoms with van der Waals surface area (Å²) in [6.45, 7) is 10.7. The number of ether oxygens (including phenoxy) is 1. The second kappa shape index (κ2) is 10.5. The number of nitrogens with zero attached hydrogens (tertiary/aromatic N) is 3. The molecule has 35 heavy (non-hydrogen) atoms. The first kappa shape index (κ1) is 24.7. The van der Waals surface area contributed by atoms with Crippen molar-refractivity contribution in [2.75, 3.05) is 0 Å². The third-order valence-corrected chi connectivity index (χ3v) is 6.83. The SMILES string of the molecule is Cc1ccc(C(=O)C(C)Sc2nnc(COc3ccc(C(C)(C)C)cc3)n2-c2ccccc2)cc1. The van der Waals surface area contributed by atoms with Gasteiger partial charge in [0.1, 0.15) is 12.4 Å². The largest absolute Gasteiger partial charge is 0.486 e. The van der Waals surface area contributed by atoms with Crippen LogP contribution in [-0.4, -0.2) is 25.8 Å². The smallest absolute Gasteiger partial charge is 0.196 e. The fraction of sp³-hybridized carbons (Fsp3) is 0.276. The van der Waals surface area contributed by atoms with Crippen LogP contribution in [0.15, 0.2) is 84.0 Å². The van der Waals surface area contributed by atoms with Crippen LogP contribution in [0, 0.1) is 6.92 Å². The first-order valence-electron chi connectivity index (χ1n) is 11.7. The lowest BCUT2D eigenvalue weighted by Gasteiger charge is -2.19. The van der Waals surface area contributed by atoms with E-state index in [-0.39, 0.29) is 23.1 Å². The van der Waals surface area contributed by atoms with Crippen molar-refractivity contribution in [2.45, 2.75) is 57.0 Å². The molecule has 0 aliphatic rings. The number of rotatable bonds is 8. The predicted octanol–water partition coefficient (Wildman–Crippen LogP) is 6.82. The number of hydrogen-bond donors (Lipinski definition) is 0. The Morgan fingerprint density at radius 1 is 0.943 bits per heavy atom. The van der Waals surface area contributed by atoms with Crippen molar-refractivity contribution >= 4 is 17.5 Å². The quantitative estimate of drug-likeness (QED) is 0.203. The van der Waals surface area contributed by atoms with E-state index >= 15 is 0 Å². The van der Waals surface area contributed by atoms with E-state index in [1.54, 1.807) is 0 Å². The number of Topliss-reactive ketones (excluding diaryl/α,β-unsaturated/α-hetero) is 1. The number of thioether (sulfide) groups is 1. The minimum atomic E-state index is -0.317. The van der Waals surface area contributed by atoms with Crippen molar-refractivity contribution in [3.05, 3.63) is 101 Å². The topological polar surface area (TPSA) is 57.0 Å². The van der Waals surface area contributed by atoms with Crippen LogP contribution in [0.5, 0.6) is 5.75 Å². The van der Waals surface area contributed by atoms with Crippen LogP contribution in [0.2, 0.25) is 0 Å². The van der Waals surface area contributed by atoms with Gasteiger partial charge in [-0.2, -0.15) is 0 Å². The second-order valence-corrected chi connectivity index (χ2v) is 10.9. The number of benzene rings is 3. The molecule has 1 atom stereocenters. The summed E-state index contributed by atoms with van der Waals surface area (Å²) in [6, 6.07) is 25.8. The average Bonchev–Trinajstić information content (AvgIpc) is 3.25. The Morgan fingerprint density at radius 3 is 2.23 bits per heavy atom. The first-order valence-corrected chi connectivity index (χ1v) is 12.6. The van der Waals surface area contributed by atoms with Crippen molar-refractivity contribution in [1.29, 1.82) is 0 Å². The van der Waals surface area contributed by atoms with Gasteiger partial charge in [0, 0.05) is 11.3 Å². The average molecular weight is 486 g/mol. The number of carbonyl (C=O) groups is 1. The molecule has 0 aliphatic heterocycles. The van der Waals surface area contributed by atoms with Crippen LogP contribution >= 0.6 is 11.8 Å². The fourth-order valence-electron chi connectivity index (χ4n) is 3.67. The van der Waals surface area contributed by atoms with Crippen LogP contribution in [0.1, 0.15) is 55.0 Å². The van der Waals surface area contributed by atoms with E-state index in [4.69, 9.17) is 4.74 Å². The molecule has 4 aromatic rings. The van der Waals surface area contributed by atoms with Gasteiger partial charge in [0.25, 0.3) is 0 Å². The van der Waals surface area contributed by atoms with Crippen molar-refractivity contribution in [3.63, 3.8) is 0 Å². The van der Waals surface area contributed by atoms with Gasteiger partial charge in [0.2, 0.25) is 0 Å². The standard InChI is InChI=1S/C29H31N3O2S/c1-20-11-13-22(14-12-20)27(33)21(2)35-28-31-30-26(32(28)24-9-7-6-8-10-24)19-34-25-17-15-23(16-18-25)29(3,4)5/h6-18,21H,19H2,1-5H3. The number of carbonyl (C=O) groups excluding carboxylic acids is 1. The van der Waals surface area contributed by atoms with Gasteiger partial charge in [0.05, 0.1) is 5.25 Å². The van der Waals surface area contributed by atoms with Crippen molar-refractivity contribution < 1.29 is 9.53 Å². The summed E-state index contributed by atoms with van der Waals surface area (Å²) in [7, 11) is 0. The Morgan fingerprint density at radius 2 is 1.60 bits per heavy atom. The van der Waals surface area contributed by atoms with Gasteiger partial charge in [-0.3, -0.25) is 9.36 Å². The normalized spacial score (nSPS) is 12.4. The Labute approximate surface area is 211 Å². The Hall–Kier alpha value is -3.38. The lowest BCUT2D eigenvalue weighted by atomic mass is 9.87. The number of para-hydroxylation sites is 1. The van der Waals surface area contributed by atoms with Gasteiger partial charge in [-0.1, -0.05) is 92.7 Å². The molecule has 0 saturated carbocycles. The molecule has 0 spiro atoms. The van der Waals surface area contributed by atoms with E-state index in [0.29, 0.717) is 16.5 Å². The van der Waals surface area contributed by atoms with E-state index in [0.717, 1.165) is 17.0 Å². The van der Waals surface area contributed by atoms with Gasteiger partial charge in [0.15, 0.2) is 16.8 Å². The van der Waals surface area contributed by atoms with E-state index < -0.39 is 0 Å². The van der Waals surface area contributed by atoms with E-state index in [2.05, 4.69) is 43.1 Å². The van der Waals surface area contributed by atoms with Crippen molar-refractivity contribution in [1.82, 2.24) is 14.8 Å². The molecule has 6 heteroatoms. The summed E-state index contributed by atoms with van der Waals surface area (Å²) < 4.78 is 8.03. The van der Waals surface area contributed by atoms with Crippen molar-refractivity contribution in [3.8, 4) is 11.4 Å². The monoisotopic (exact) mass is 485 g/mol. The number of hydrogen-bond acceptors (Lipinski definition) is 5. The van der Waals surface area contributed by atoms with Crippen LogP contribution in [0.4, 0.5) is 0 Å². The molecule has 1 aromatic heterocycles. The highest BCUT2D eigenvalue weighted by atomic mass is 32.2. The zero-order valence-electron chi connectivity index (χ0n) is 20.9. The Balaban J connectivity index is 1.55. The van der Waals surface area contributed by atoms with Gasteiger partial charge >= 0.3 is 0 Å². The van der Waals surface area contributed by atoms with Gasteiger partial charge in [-0.15, -0.1) is 10.2 Å². The lowest BCUT2D eigenvalue weighted by molar-refractivity contribution is 0.0994. The maximum Gasteiger partial charge on any atom is 0.196 e. The summed E-state index contributed by atoms with van der Waals surface area (Å²) in [6.07, 6.45) is 0. The lowest BCUT2D eigenvalue weighted by Crippen LogP contribution is -2.15. The maximum atomic E-state index is 13.0. The summed E-state index contributed by atoms with van der Waals surface area (Å²) in [5.74, 6) is 1.51. The molecular formula is C29H31N3O2S. The van der Waals surface area contributed by atoms with Crippen LogP contribution in [0.3, 0.4) is 0 Å². The minimum absolute atomic E-state index is 0.0642. The van der Waals surface area contributed by atoms with Gasteiger partial charge < -0.3 is 4.74 Å². The number of aryl methyl sites for hydroxylation is 1. The second-order valence-electron chi connectivity index (χ2n) is 9.62. The van der Waals surface area contributed by atoms with E-state index in [1.807, 2.05) is 85.1 Å². The summed E-state index contributed by atoms with van der Waals surface area (Å²) in [4.78, 5) is 13.0. The highest BCUT2D eigenvalue weighted by Gasteiger charge is 2.22. The molecule has 0 saturated heterocycles. The molecule has 0 amide bonds. The van der Waals surface area contributed by atoms with Gasteiger partial charge in [-0.25, -0.2) is 0 Å². The Kier molecular flexibility index (Phi) is 7.41. The van der Waals surface area contributed by atoms with Crippen molar-refractivity contribution in [2.24, 2.45) is 0 Å². The molecule has 1 unspecified atom stereocenters. The molecular weight excluding hydrogens is 454 g/mol. The minimum Gasteiger partial charge on any atom is -0.486 e. The fourth-order valence-corrected chi connectivity index (χ4v) is 4.63. The molecule has 3 aromatic carbocycles. The van der Waals surface area contributed by atoms with Gasteiger partial charge in [-0.05, 0) is 49.1 Å².